The van der Waals surface area contributed by atoms with Crippen molar-refractivity contribution in [1.82, 2.24) is 5.32 Å². The summed E-state index contributed by atoms with van der Waals surface area (Å²) >= 11 is 0. The summed E-state index contributed by atoms with van der Waals surface area (Å²) < 4.78 is 10.6. The van der Waals surface area contributed by atoms with E-state index in [9.17, 15) is 9.59 Å². The SMILES string of the molecule is CC[C@H](C)[C@@H](C(=O)OCC(=O)NCCc1ccccc1OC)c1ccccc1. The number of nitrogens with one attached hydrogen (secondary N) is 1. The van der Waals surface area contributed by atoms with Crippen LogP contribution >= 0.6 is 0 Å². The van der Waals surface area contributed by atoms with Gasteiger partial charge < -0.3 is 14.8 Å². The molecule has 0 aliphatic rings. The van der Waals surface area contributed by atoms with Crippen LogP contribution in [-0.2, 0) is 20.7 Å². The molecule has 2 aromatic carbocycles. The zero-order valence-corrected chi connectivity index (χ0v) is 16.8. The topological polar surface area (TPSA) is 64.6 Å². The van der Waals surface area contributed by atoms with Crippen LogP contribution in [0.3, 0.4) is 0 Å². The van der Waals surface area contributed by atoms with Crippen molar-refractivity contribution in [3.05, 3.63) is 65.7 Å². The molecular weight excluding hydrogens is 354 g/mol. The van der Waals surface area contributed by atoms with Gasteiger partial charge in [-0.25, -0.2) is 0 Å². The fraction of sp³-hybridized carbons (Fsp3) is 0.391. The maximum Gasteiger partial charge on any atom is 0.314 e. The first kappa shape index (κ1) is 21.5. The van der Waals surface area contributed by atoms with Gasteiger partial charge in [-0.05, 0) is 29.5 Å². The molecule has 1 N–H and O–H groups in total. The Bertz CT molecular complexity index is 760. The van der Waals surface area contributed by atoms with Crippen LogP contribution in [0.1, 0.15) is 37.3 Å². The van der Waals surface area contributed by atoms with Crippen molar-refractivity contribution >= 4 is 11.9 Å². The monoisotopic (exact) mass is 383 g/mol. The fourth-order valence-corrected chi connectivity index (χ4v) is 3.12. The maximum atomic E-state index is 12.6. The Morgan fingerprint density at radius 3 is 2.39 bits per heavy atom. The predicted molar refractivity (Wildman–Crippen MR) is 109 cm³/mol. The first-order chi connectivity index (χ1) is 13.6. The molecule has 2 atom stereocenters. The van der Waals surface area contributed by atoms with E-state index in [0.717, 1.165) is 23.3 Å². The van der Waals surface area contributed by atoms with E-state index in [2.05, 4.69) is 5.32 Å². The molecule has 28 heavy (non-hydrogen) atoms. The second-order valence-corrected chi connectivity index (χ2v) is 6.79. The summed E-state index contributed by atoms with van der Waals surface area (Å²) in [6, 6.07) is 17.2. The van der Waals surface area contributed by atoms with Gasteiger partial charge in [-0.2, -0.15) is 0 Å². The zero-order valence-electron chi connectivity index (χ0n) is 16.8. The highest BCUT2D eigenvalue weighted by atomic mass is 16.5. The van der Waals surface area contributed by atoms with Gasteiger partial charge in [0.05, 0.1) is 13.0 Å². The number of hydrogen-bond donors (Lipinski definition) is 1. The van der Waals surface area contributed by atoms with E-state index in [1.165, 1.54) is 0 Å². The van der Waals surface area contributed by atoms with Crippen LogP contribution in [-0.4, -0.2) is 32.1 Å². The molecular formula is C23H29NO4. The van der Waals surface area contributed by atoms with E-state index >= 15 is 0 Å². The van der Waals surface area contributed by atoms with Crippen LogP contribution in [0, 0.1) is 5.92 Å². The Morgan fingerprint density at radius 2 is 1.71 bits per heavy atom. The number of ether oxygens (including phenoxy) is 2. The number of amides is 1. The van der Waals surface area contributed by atoms with Crippen molar-refractivity contribution in [2.24, 2.45) is 5.92 Å². The number of carbonyl (C=O) groups excluding carboxylic acids is 2. The third-order valence-electron chi connectivity index (χ3n) is 4.88. The van der Waals surface area contributed by atoms with Gasteiger partial charge in [0.2, 0.25) is 0 Å². The smallest absolute Gasteiger partial charge is 0.314 e. The van der Waals surface area contributed by atoms with Gasteiger partial charge in [0.15, 0.2) is 6.61 Å². The standard InChI is InChI=1S/C23H29NO4/c1-4-17(2)22(19-11-6-5-7-12-19)23(26)28-16-21(25)24-15-14-18-10-8-9-13-20(18)27-3/h5-13,17,22H,4,14-16H2,1-3H3,(H,24,25)/t17-,22+/m0/s1. The lowest BCUT2D eigenvalue weighted by Crippen LogP contribution is -2.32. The summed E-state index contributed by atoms with van der Waals surface area (Å²) in [6.45, 7) is 4.24. The number of benzene rings is 2. The van der Waals surface area contributed by atoms with E-state index < -0.39 is 0 Å². The van der Waals surface area contributed by atoms with Crippen molar-refractivity contribution in [1.29, 1.82) is 0 Å². The molecule has 0 aromatic heterocycles. The summed E-state index contributed by atoms with van der Waals surface area (Å²) in [6.07, 6.45) is 1.49. The van der Waals surface area contributed by atoms with Crippen molar-refractivity contribution in [3.8, 4) is 5.75 Å². The lowest BCUT2D eigenvalue weighted by molar-refractivity contribution is -0.151. The molecule has 0 aliphatic carbocycles. The molecule has 0 bridgehead atoms. The minimum atomic E-state index is -0.368. The van der Waals surface area contributed by atoms with Gasteiger partial charge in [-0.3, -0.25) is 9.59 Å². The Morgan fingerprint density at radius 1 is 1.04 bits per heavy atom. The third-order valence-corrected chi connectivity index (χ3v) is 4.88. The van der Waals surface area contributed by atoms with Gasteiger partial charge in [0.25, 0.3) is 5.91 Å². The normalized spacial score (nSPS) is 12.7. The molecule has 0 saturated heterocycles. The van der Waals surface area contributed by atoms with Gasteiger partial charge in [0, 0.05) is 6.54 Å². The number of para-hydroxylation sites is 1. The van der Waals surface area contributed by atoms with Gasteiger partial charge in [0.1, 0.15) is 5.75 Å². The van der Waals surface area contributed by atoms with Crippen LogP contribution in [0.4, 0.5) is 0 Å². The number of rotatable bonds is 10. The predicted octanol–water partition coefficient (Wildman–Crippen LogP) is 3.73. The number of hydrogen-bond acceptors (Lipinski definition) is 4. The second-order valence-electron chi connectivity index (χ2n) is 6.79. The van der Waals surface area contributed by atoms with E-state index in [4.69, 9.17) is 9.47 Å². The first-order valence-corrected chi connectivity index (χ1v) is 9.67. The van der Waals surface area contributed by atoms with Crippen LogP contribution in [0.5, 0.6) is 5.75 Å². The molecule has 150 valence electrons. The van der Waals surface area contributed by atoms with Gasteiger partial charge in [-0.15, -0.1) is 0 Å². The summed E-state index contributed by atoms with van der Waals surface area (Å²) in [5, 5.41) is 2.79. The molecule has 0 aliphatic heterocycles. The average Bonchev–Trinajstić information content (AvgIpc) is 2.73. The Kier molecular flexibility index (Phi) is 8.53. The molecule has 0 spiro atoms. The number of esters is 1. The highest BCUT2D eigenvalue weighted by molar-refractivity contribution is 5.83. The maximum absolute atomic E-state index is 12.6. The Balaban J connectivity index is 1.84. The summed E-state index contributed by atoms with van der Waals surface area (Å²) in [7, 11) is 1.62. The van der Waals surface area contributed by atoms with E-state index in [0.29, 0.717) is 13.0 Å². The molecule has 0 saturated carbocycles. The molecule has 0 fully saturated rings. The Labute approximate surface area is 167 Å². The molecule has 2 aromatic rings. The summed E-state index contributed by atoms with van der Waals surface area (Å²) in [5.41, 5.74) is 1.93. The fourth-order valence-electron chi connectivity index (χ4n) is 3.12. The first-order valence-electron chi connectivity index (χ1n) is 9.67. The Hall–Kier alpha value is -2.82. The lowest BCUT2D eigenvalue weighted by Gasteiger charge is -2.21. The quantitative estimate of drug-likeness (QED) is 0.635. The highest BCUT2D eigenvalue weighted by Gasteiger charge is 2.27. The molecule has 0 unspecified atom stereocenters. The summed E-state index contributed by atoms with van der Waals surface area (Å²) in [4.78, 5) is 24.7. The second kappa shape index (κ2) is 11.1. The van der Waals surface area contributed by atoms with Crippen LogP contribution in [0.15, 0.2) is 54.6 Å². The number of carbonyl (C=O) groups is 2. The largest absolute Gasteiger partial charge is 0.496 e. The number of methoxy groups -OCH3 is 1. The van der Waals surface area contributed by atoms with E-state index in [-0.39, 0.29) is 30.3 Å². The molecule has 1 amide bonds. The molecule has 0 heterocycles. The minimum absolute atomic E-state index is 0.128. The molecule has 2 rings (SSSR count). The molecule has 5 nitrogen and oxygen atoms in total. The zero-order chi connectivity index (χ0) is 20.4. The van der Waals surface area contributed by atoms with Crippen molar-refractivity contribution in [2.75, 3.05) is 20.3 Å². The van der Waals surface area contributed by atoms with Gasteiger partial charge >= 0.3 is 5.97 Å². The van der Waals surface area contributed by atoms with E-state index in [1.54, 1.807) is 7.11 Å². The van der Waals surface area contributed by atoms with Crippen LogP contribution in [0.2, 0.25) is 0 Å². The van der Waals surface area contributed by atoms with Crippen molar-refractivity contribution in [2.45, 2.75) is 32.6 Å². The van der Waals surface area contributed by atoms with Crippen LogP contribution in [0.25, 0.3) is 0 Å². The third kappa shape index (κ3) is 6.12. The van der Waals surface area contributed by atoms with Gasteiger partial charge in [-0.1, -0.05) is 68.8 Å². The average molecular weight is 383 g/mol. The van der Waals surface area contributed by atoms with Crippen molar-refractivity contribution < 1.29 is 19.1 Å². The summed E-state index contributed by atoms with van der Waals surface area (Å²) in [5.74, 6) is -0.113. The van der Waals surface area contributed by atoms with E-state index in [1.807, 2.05) is 68.4 Å². The minimum Gasteiger partial charge on any atom is -0.496 e. The van der Waals surface area contributed by atoms with Crippen LogP contribution < -0.4 is 10.1 Å². The molecule has 0 radical (unpaired) electrons. The lowest BCUT2D eigenvalue weighted by atomic mass is 9.86. The van der Waals surface area contributed by atoms with Crippen molar-refractivity contribution in [3.63, 3.8) is 0 Å². The molecule has 5 heteroatoms. The highest BCUT2D eigenvalue weighted by Crippen LogP contribution is 2.28.